The summed E-state index contributed by atoms with van der Waals surface area (Å²) in [7, 11) is 0. The molecule has 1 unspecified atom stereocenters. The van der Waals surface area contributed by atoms with E-state index in [0.29, 0.717) is 6.04 Å². The summed E-state index contributed by atoms with van der Waals surface area (Å²) in [4.78, 5) is 19.6. The summed E-state index contributed by atoms with van der Waals surface area (Å²) in [5.41, 5.74) is 4.75. The van der Waals surface area contributed by atoms with Gasteiger partial charge < -0.3 is 10.1 Å². The van der Waals surface area contributed by atoms with Crippen molar-refractivity contribution in [3.05, 3.63) is 35.2 Å². The quantitative estimate of drug-likeness (QED) is 0.891. The molecular weight excluding hydrogens is 346 g/mol. The number of rotatable bonds is 4. The number of aromatic nitrogens is 1. The largest absolute Gasteiger partial charge is 0.381 e. The zero-order valence-corrected chi connectivity index (χ0v) is 15.7. The smallest absolute Gasteiger partial charge is 0.228 e. The summed E-state index contributed by atoms with van der Waals surface area (Å²) < 4.78 is 5.47. The first kappa shape index (κ1) is 17.6. The van der Waals surface area contributed by atoms with Crippen LogP contribution < -0.4 is 5.32 Å². The van der Waals surface area contributed by atoms with E-state index in [1.165, 1.54) is 0 Å². The van der Waals surface area contributed by atoms with E-state index in [9.17, 15) is 4.79 Å². The van der Waals surface area contributed by atoms with E-state index in [0.717, 1.165) is 68.9 Å². The van der Waals surface area contributed by atoms with Gasteiger partial charge in [0.25, 0.3) is 0 Å². The Morgan fingerprint density at radius 1 is 1.19 bits per heavy atom. The third-order valence-corrected chi connectivity index (χ3v) is 6.00. The number of ether oxygens (including phenoxy) is 1. The monoisotopic (exact) mass is 371 g/mol. The number of carbonyl (C=O) groups excluding carboxylic acids is 1. The molecule has 2 saturated heterocycles. The van der Waals surface area contributed by atoms with E-state index in [1.807, 2.05) is 35.2 Å². The van der Waals surface area contributed by atoms with Crippen molar-refractivity contribution in [1.82, 2.24) is 9.88 Å². The topological polar surface area (TPSA) is 54.5 Å². The van der Waals surface area contributed by atoms with Crippen molar-refractivity contribution in [1.29, 1.82) is 0 Å². The van der Waals surface area contributed by atoms with Crippen LogP contribution in [-0.2, 0) is 9.53 Å². The highest BCUT2D eigenvalue weighted by molar-refractivity contribution is 7.07. The molecule has 1 amide bonds. The van der Waals surface area contributed by atoms with Crippen LogP contribution in [0.4, 0.5) is 5.69 Å². The molecule has 1 atom stereocenters. The lowest BCUT2D eigenvalue weighted by Gasteiger charge is -2.39. The van der Waals surface area contributed by atoms with Gasteiger partial charge in [0.1, 0.15) is 0 Å². The number of nitrogens with zero attached hydrogens (tertiary/aromatic N) is 2. The van der Waals surface area contributed by atoms with E-state index in [-0.39, 0.29) is 11.8 Å². The zero-order valence-electron chi connectivity index (χ0n) is 14.9. The second-order valence-corrected chi connectivity index (χ2v) is 7.84. The average Bonchev–Trinajstić information content (AvgIpc) is 3.24. The van der Waals surface area contributed by atoms with Crippen LogP contribution in [0.15, 0.2) is 35.2 Å². The Morgan fingerprint density at radius 2 is 2.00 bits per heavy atom. The first-order valence-corrected chi connectivity index (χ1v) is 10.3. The second kappa shape index (κ2) is 8.29. The minimum atomic E-state index is 0.0739. The molecule has 0 radical (unpaired) electrons. The molecule has 0 aliphatic carbocycles. The number of thiazole rings is 1. The Labute approximate surface area is 158 Å². The fourth-order valence-corrected chi connectivity index (χ4v) is 4.49. The SMILES string of the molecule is O=C(Nc1ccc(-c2cscn2)cc1)C1CCCN(C2CCOCC2)C1. The van der Waals surface area contributed by atoms with Crippen molar-refractivity contribution in [2.24, 2.45) is 5.92 Å². The molecule has 26 heavy (non-hydrogen) atoms. The zero-order chi connectivity index (χ0) is 17.8. The maximum atomic E-state index is 12.7. The van der Waals surface area contributed by atoms with Crippen LogP contribution in [0.25, 0.3) is 11.3 Å². The third kappa shape index (κ3) is 4.14. The van der Waals surface area contributed by atoms with E-state index < -0.39 is 0 Å². The molecule has 2 aliphatic rings. The fraction of sp³-hybridized carbons (Fsp3) is 0.500. The summed E-state index contributed by atoms with van der Waals surface area (Å²) in [5, 5.41) is 5.13. The van der Waals surface area contributed by atoms with Gasteiger partial charge in [-0.15, -0.1) is 11.3 Å². The lowest BCUT2D eigenvalue weighted by molar-refractivity contribution is -0.122. The molecule has 0 bridgehead atoms. The molecule has 138 valence electrons. The van der Waals surface area contributed by atoms with Gasteiger partial charge in [-0.05, 0) is 44.4 Å². The molecule has 1 N–H and O–H groups in total. The van der Waals surface area contributed by atoms with Gasteiger partial charge in [-0.25, -0.2) is 4.98 Å². The molecular formula is C20H25N3O2S. The number of benzene rings is 1. The molecule has 2 aliphatic heterocycles. The van der Waals surface area contributed by atoms with Crippen LogP contribution >= 0.6 is 11.3 Å². The minimum absolute atomic E-state index is 0.0739. The molecule has 5 nitrogen and oxygen atoms in total. The minimum Gasteiger partial charge on any atom is -0.381 e. The summed E-state index contributed by atoms with van der Waals surface area (Å²) in [6.07, 6.45) is 4.25. The standard InChI is InChI=1S/C20H25N3O2S/c24-20(16-2-1-9-23(12-16)18-7-10-25-11-8-18)22-17-5-3-15(4-6-17)19-13-26-14-21-19/h3-6,13-14,16,18H,1-2,7-12H2,(H,22,24). The number of piperidine rings is 1. The molecule has 4 rings (SSSR count). The van der Waals surface area contributed by atoms with Crippen LogP contribution in [0.2, 0.25) is 0 Å². The summed E-state index contributed by atoms with van der Waals surface area (Å²) in [6, 6.07) is 8.54. The highest BCUT2D eigenvalue weighted by atomic mass is 32.1. The number of amides is 1. The molecule has 1 aromatic heterocycles. The van der Waals surface area contributed by atoms with E-state index in [1.54, 1.807) is 11.3 Å². The lowest BCUT2D eigenvalue weighted by atomic mass is 9.94. The van der Waals surface area contributed by atoms with Gasteiger partial charge in [0.05, 0.1) is 17.1 Å². The summed E-state index contributed by atoms with van der Waals surface area (Å²) in [6.45, 7) is 3.68. The van der Waals surface area contributed by atoms with Gasteiger partial charge in [0.2, 0.25) is 5.91 Å². The Bertz CT molecular complexity index is 711. The van der Waals surface area contributed by atoms with Crippen molar-refractivity contribution in [3.8, 4) is 11.3 Å². The van der Waals surface area contributed by atoms with Gasteiger partial charge >= 0.3 is 0 Å². The Balaban J connectivity index is 1.35. The summed E-state index contributed by atoms with van der Waals surface area (Å²) >= 11 is 1.59. The van der Waals surface area contributed by atoms with Crippen molar-refractivity contribution in [2.75, 3.05) is 31.6 Å². The van der Waals surface area contributed by atoms with Crippen LogP contribution in [0.1, 0.15) is 25.7 Å². The van der Waals surface area contributed by atoms with Crippen molar-refractivity contribution in [3.63, 3.8) is 0 Å². The van der Waals surface area contributed by atoms with Crippen molar-refractivity contribution < 1.29 is 9.53 Å². The number of hydrogen-bond acceptors (Lipinski definition) is 5. The predicted molar refractivity (Wildman–Crippen MR) is 104 cm³/mol. The normalized spacial score (nSPS) is 22.2. The van der Waals surface area contributed by atoms with E-state index in [2.05, 4.69) is 15.2 Å². The Hall–Kier alpha value is -1.76. The first-order valence-electron chi connectivity index (χ1n) is 9.41. The van der Waals surface area contributed by atoms with Crippen LogP contribution in [-0.4, -0.2) is 48.1 Å². The van der Waals surface area contributed by atoms with Gasteiger partial charge in [0, 0.05) is 42.4 Å². The van der Waals surface area contributed by atoms with Gasteiger partial charge in [-0.1, -0.05) is 12.1 Å². The number of hydrogen-bond donors (Lipinski definition) is 1. The van der Waals surface area contributed by atoms with Gasteiger partial charge in [-0.3, -0.25) is 9.69 Å². The van der Waals surface area contributed by atoms with Gasteiger partial charge in [-0.2, -0.15) is 0 Å². The molecule has 6 heteroatoms. The maximum Gasteiger partial charge on any atom is 0.228 e. The van der Waals surface area contributed by atoms with Crippen molar-refractivity contribution in [2.45, 2.75) is 31.7 Å². The molecule has 0 spiro atoms. The number of anilines is 1. The van der Waals surface area contributed by atoms with Crippen LogP contribution in [0, 0.1) is 5.92 Å². The maximum absolute atomic E-state index is 12.7. The molecule has 0 saturated carbocycles. The van der Waals surface area contributed by atoms with Gasteiger partial charge in [0.15, 0.2) is 0 Å². The summed E-state index contributed by atoms with van der Waals surface area (Å²) in [5.74, 6) is 0.216. The molecule has 1 aromatic carbocycles. The number of likely N-dealkylation sites (tertiary alicyclic amines) is 1. The average molecular weight is 372 g/mol. The van der Waals surface area contributed by atoms with E-state index >= 15 is 0 Å². The van der Waals surface area contributed by atoms with Crippen LogP contribution in [0.3, 0.4) is 0 Å². The lowest BCUT2D eigenvalue weighted by Crippen LogP contribution is -2.47. The Morgan fingerprint density at radius 3 is 2.73 bits per heavy atom. The van der Waals surface area contributed by atoms with Crippen molar-refractivity contribution >= 4 is 22.9 Å². The molecule has 3 heterocycles. The fourth-order valence-electron chi connectivity index (χ4n) is 3.93. The van der Waals surface area contributed by atoms with Crippen LogP contribution in [0.5, 0.6) is 0 Å². The third-order valence-electron chi connectivity index (χ3n) is 5.41. The number of nitrogens with one attached hydrogen (secondary N) is 1. The van der Waals surface area contributed by atoms with E-state index in [4.69, 9.17) is 4.74 Å². The predicted octanol–water partition coefficient (Wildman–Crippen LogP) is 3.64. The second-order valence-electron chi connectivity index (χ2n) is 7.12. The first-order chi connectivity index (χ1) is 12.8. The Kier molecular flexibility index (Phi) is 5.62. The highest BCUT2D eigenvalue weighted by Gasteiger charge is 2.30. The highest BCUT2D eigenvalue weighted by Crippen LogP contribution is 2.25. The molecule has 2 fully saturated rings. The number of carbonyl (C=O) groups is 1. The molecule has 2 aromatic rings.